The van der Waals surface area contributed by atoms with Gasteiger partial charge < -0.3 is 9.64 Å². The van der Waals surface area contributed by atoms with Crippen molar-refractivity contribution >= 4 is 11.9 Å². The summed E-state index contributed by atoms with van der Waals surface area (Å²) in [5.74, 6) is -0.493. The number of aromatic nitrogens is 3. The summed E-state index contributed by atoms with van der Waals surface area (Å²) in [4.78, 5) is 26.6. The van der Waals surface area contributed by atoms with E-state index >= 15 is 0 Å². The summed E-state index contributed by atoms with van der Waals surface area (Å²) in [5, 5.41) is 10.5. The minimum Gasteiger partial charge on any atom is -0.461 e. The molecule has 1 aromatic rings. The molecule has 1 aromatic heterocycles. The Hall–Kier alpha value is -2.18. The van der Waals surface area contributed by atoms with Gasteiger partial charge in [-0.25, -0.2) is 4.79 Å². The fourth-order valence-electron chi connectivity index (χ4n) is 3.01. The fourth-order valence-corrected chi connectivity index (χ4v) is 3.01. The van der Waals surface area contributed by atoms with Crippen LogP contribution in [0.15, 0.2) is 12.7 Å². The molecule has 23 heavy (non-hydrogen) atoms. The van der Waals surface area contributed by atoms with E-state index in [1.165, 1.54) is 0 Å². The van der Waals surface area contributed by atoms with Crippen molar-refractivity contribution in [3.63, 3.8) is 0 Å². The quantitative estimate of drug-likeness (QED) is 0.615. The summed E-state index contributed by atoms with van der Waals surface area (Å²) >= 11 is 0. The highest BCUT2D eigenvalue weighted by atomic mass is 16.5. The van der Waals surface area contributed by atoms with Crippen LogP contribution in [0.2, 0.25) is 0 Å². The van der Waals surface area contributed by atoms with Crippen molar-refractivity contribution in [3.05, 3.63) is 24.0 Å². The summed E-state index contributed by atoms with van der Waals surface area (Å²) < 4.78 is 5.01. The topological polar surface area (TPSA) is 88.2 Å². The van der Waals surface area contributed by atoms with Crippen LogP contribution in [0.25, 0.3) is 0 Å². The summed E-state index contributed by atoms with van der Waals surface area (Å²) in [6.07, 6.45) is 4.85. The predicted octanol–water partition coefficient (Wildman–Crippen LogP) is 2.25. The summed E-state index contributed by atoms with van der Waals surface area (Å²) in [7, 11) is 0. The molecule has 0 aliphatic carbocycles. The molecule has 1 aliphatic heterocycles. The van der Waals surface area contributed by atoms with E-state index in [9.17, 15) is 9.59 Å². The zero-order valence-electron chi connectivity index (χ0n) is 13.7. The second-order valence-electron chi connectivity index (χ2n) is 5.60. The van der Waals surface area contributed by atoms with Crippen LogP contribution in [0.3, 0.4) is 0 Å². The smallest absolute Gasteiger partial charge is 0.360 e. The monoisotopic (exact) mass is 320 g/mol. The van der Waals surface area contributed by atoms with Crippen LogP contribution in [0.1, 0.15) is 61.8 Å². The van der Waals surface area contributed by atoms with Crippen LogP contribution < -0.4 is 0 Å². The van der Waals surface area contributed by atoms with E-state index < -0.39 is 5.97 Å². The molecule has 2 atom stereocenters. The zero-order chi connectivity index (χ0) is 16.8. The Morgan fingerprint density at radius 3 is 2.91 bits per heavy atom. The molecule has 1 saturated heterocycles. The highest BCUT2D eigenvalue weighted by Crippen LogP contribution is 2.34. The predicted molar refractivity (Wildman–Crippen MR) is 84.6 cm³/mol. The average molecular weight is 320 g/mol. The number of aromatic amines is 1. The molecular weight excluding hydrogens is 296 g/mol. The van der Waals surface area contributed by atoms with Gasteiger partial charge in [0.2, 0.25) is 5.91 Å². The molecule has 1 N–H and O–H groups in total. The number of nitrogens with zero attached hydrogens (tertiary/aromatic N) is 3. The number of H-pyrrole nitrogens is 1. The van der Waals surface area contributed by atoms with Crippen LogP contribution in [0, 0.1) is 5.92 Å². The third-order valence-electron chi connectivity index (χ3n) is 4.19. The van der Waals surface area contributed by atoms with Crippen molar-refractivity contribution < 1.29 is 14.3 Å². The molecule has 2 heterocycles. The molecule has 2 rings (SSSR count). The van der Waals surface area contributed by atoms with Gasteiger partial charge in [-0.3, -0.25) is 4.79 Å². The number of likely N-dealkylation sites (tertiary alicyclic amines) is 1. The lowest BCUT2D eigenvalue weighted by Crippen LogP contribution is -2.36. The first-order valence-corrected chi connectivity index (χ1v) is 8.13. The van der Waals surface area contributed by atoms with Crippen molar-refractivity contribution in [2.24, 2.45) is 5.92 Å². The van der Waals surface area contributed by atoms with E-state index in [0.717, 1.165) is 19.3 Å². The number of rotatable bonds is 7. The van der Waals surface area contributed by atoms with Crippen molar-refractivity contribution in [2.75, 3.05) is 13.2 Å². The number of amides is 1. The molecular formula is C16H24N4O3. The van der Waals surface area contributed by atoms with Gasteiger partial charge >= 0.3 is 5.97 Å². The first-order chi connectivity index (χ1) is 11.1. The van der Waals surface area contributed by atoms with Crippen molar-refractivity contribution in [2.45, 2.75) is 45.6 Å². The van der Waals surface area contributed by atoms with Crippen LogP contribution in [0.4, 0.5) is 0 Å². The van der Waals surface area contributed by atoms with Crippen LogP contribution >= 0.6 is 0 Å². The Morgan fingerprint density at radius 2 is 2.26 bits per heavy atom. The van der Waals surface area contributed by atoms with Gasteiger partial charge in [0.05, 0.1) is 12.6 Å². The number of hydrogen-bond donors (Lipinski definition) is 1. The number of hydrogen-bond acceptors (Lipinski definition) is 5. The van der Waals surface area contributed by atoms with E-state index in [1.807, 2.05) is 11.8 Å². The molecule has 7 heteroatoms. The van der Waals surface area contributed by atoms with E-state index in [4.69, 9.17) is 4.74 Å². The Kier molecular flexibility index (Phi) is 5.90. The minimum atomic E-state index is -0.506. The SMILES string of the molecule is C=CCC(CC)C(=O)N1CCCC1c1n[nH]nc1C(=O)OCC. The molecule has 1 fully saturated rings. The highest BCUT2D eigenvalue weighted by Gasteiger charge is 2.37. The van der Waals surface area contributed by atoms with E-state index in [-0.39, 0.29) is 30.2 Å². The van der Waals surface area contributed by atoms with E-state index in [2.05, 4.69) is 22.0 Å². The van der Waals surface area contributed by atoms with Gasteiger partial charge in [0.15, 0.2) is 5.69 Å². The summed E-state index contributed by atoms with van der Waals surface area (Å²) in [5.41, 5.74) is 0.677. The normalized spacial score (nSPS) is 18.7. The number of allylic oxidation sites excluding steroid dienone is 1. The first kappa shape index (κ1) is 17.2. The molecule has 0 radical (unpaired) electrons. The first-order valence-electron chi connectivity index (χ1n) is 8.13. The molecule has 2 unspecified atom stereocenters. The lowest BCUT2D eigenvalue weighted by Gasteiger charge is -2.27. The maximum atomic E-state index is 12.8. The van der Waals surface area contributed by atoms with Crippen LogP contribution in [-0.2, 0) is 9.53 Å². The maximum Gasteiger partial charge on any atom is 0.360 e. The van der Waals surface area contributed by atoms with Gasteiger partial charge in [-0.05, 0) is 32.6 Å². The van der Waals surface area contributed by atoms with Crippen molar-refractivity contribution in [3.8, 4) is 0 Å². The van der Waals surface area contributed by atoms with Gasteiger partial charge in [0, 0.05) is 12.5 Å². The largest absolute Gasteiger partial charge is 0.461 e. The molecule has 1 aliphatic rings. The van der Waals surface area contributed by atoms with E-state index in [1.54, 1.807) is 13.0 Å². The number of esters is 1. The Labute approximate surface area is 136 Å². The Morgan fingerprint density at radius 1 is 1.48 bits per heavy atom. The number of carbonyl (C=O) groups is 2. The molecule has 0 saturated carbocycles. The highest BCUT2D eigenvalue weighted by molar-refractivity contribution is 5.89. The third kappa shape index (κ3) is 3.60. The number of ether oxygens (including phenoxy) is 1. The van der Waals surface area contributed by atoms with Crippen molar-refractivity contribution in [1.82, 2.24) is 20.3 Å². The standard InChI is InChI=1S/C16H24N4O3/c1-4-8-11(5-2)15(21)20-10-7-9-12(20)13-14(18-19-17-13)16(22)23-6-3/h4,11-12H,1,5-10H2,2-3H3,(H,17,18,19). The summed E-state index contributed by atoms with van der Waals surface area (Å²) in [6, 6.07) is -0.223. The Bertz CT molecular complexity index is 569. The average Bonchev–Trinajstić information content (AvgIpc) is 3.20. The van der Waals surface area contributed by atoms with Gasteiger partial charge in [0.1, 0.15) is 5.69 Å². The number of nitrogens with one attached hydrogen (secondary N) is 1. The lowest BCUT2D eigenvalue weighted by molar-refractivity contribution is -0.136. The summed E-state index contributed by atoms with van der Waals surface area (Å²) in [6.45, 7) is 8.41. The van der Waals surface area contributed by atoms with Gasteiger partial charge in [-0.15, -0.1) is 11.7 Å². The van der Waals surface area contributed by atoms with Gasteiger partial charge in [0.25, 0.3) is 0 Å². The van der Waals surface area contributed by atoms with Gasteiger partial charge in [-0.1, -0.05) is 13.0 Å². The van der Waals surface area contributed by atoms with Gasteiger partial charge in [-0.2, -0.15) is 10.3 Å². The minimum absolute atomic E-state index is 0.0777. The number of carbonyl (C=O) groups excluding carboxylic acids is 2. The molecule has 1 amide bonds. The second kappa shape index (κ2) is 7.89. The Balaban J connectivity index is 2.22. The van der Waals surface area contributed by atoms with Crippen LogP contribution in [-0.4, -0.2) is 45.3 Å². The fraction of sp³-hybridized carbons (Fsp3) is 0.625. The second-order valence-corrected chi connectivity index (χ2v) is 5.60. The lowest BCUT2D eigenvalue weighted by atomic mass is 9.99. The van der Waals surface area contributed by atoms with E-state index in [0.29, 0.717) is 18.7 Å². The molecule has 0 bridgehead atoms. The zero-order valence-corrected chi connectivity index (χ0v) is 13.7. The van der Waals surface area contributed by atoms with Crippen LogP contribution in [0.5, 0.6) is 0 Å². The maximum absolute atomic E-state index is 12.8. The molecule has 0 aromatic carbocycles. The van der Waals surface area contributed by atoms with Crippen molar-refractivity contribution in [1.29, 1.82) is 0 Å². The molecule has 7 nitrogen and oxygen atoms in total. The molecule has 0 spiro atoms. The third-order valence-corrected chi connectivity index (χ3v) is 4.19. The molecule has 126 valence electrons.